The number of nitrogens with zero attached hydrogens (tertiary/aromatic N) is 1. The van der Waals surface area contributed by atoms with E-state index in [2.05, 4.69) is 4.72 Å². The van der Waals surface area contributed by atoms with Gasteiger partial charge >= 0.3 is 0 Å². The fourth-order valence-corrected chi connectivity index (χ4v) is 3.37. The van der Waals surface area contributed by atoms with Crippen LogP contribution in [-0.4, -0.2) is 39.8 Å². The molecule has 6 nitrogen and oxygen atoms in total. The number of hydrogen-bond donors (Lipinski definition) is 3. The van der Waals surface area contributed by atoms with Crippen LogP contribution in [0.4, 0.5) is 11.4 Å². The normalized spacial score (nSPS) is 15.9. The van der Waals surface area contributed by atoms with Crippen LogP contribution in [-0.2, 0) is 10.0 Å². The lowest BCUT2D eigenvalue weighted by Crippen LogP contribution is -2.43. The molecule has 1 aliphatic carbocycles. The maximum Gasteiger partial charge on any atom is 0.242 e. The molecule has 0 radical (unpaired) electrons. The number of nitrogens with one attached hydrogen (secondary N) is 1. The summed E-state index contributed by atoms with van der Waals surface area (Å²) in [6, 6.07) is 5.15. The van der Waals surface area contributed by atoms with Crippen molar-refractivity contribution >= 4 is 21.4 Å². The van der Waals surface area contributed by atoms with Crippen molar-refractivity contribution in [1.82, 2.24) is 4.72 Å². The first-order valence-corrected chi connectivity index (χ1v) is 8.18. The average molecular weight is 299 g/mol. The molecule has 112 valence electrons. The first-order valence-electron chi connectivity index (χ1n) is 6.70. The van der Waals surface area contributed by atoms with Gasteiger partial charge in [-0.1, -0.05) is 0 Å². The highest BCUT2D eigenvalue weighted by atomic mass is 32.2. The Kier molecular flexibility index (Phi) is 4.52. The molecule has 2 rings (SSSR count). The van der Waals surface area contributed by atoms with Gasteiger partial charge in [-0.2, -0.15) is 0 Å². The van der Waals surface area contributed by atoms with Crippen LogP contribution in [0.15, 0.2) is 23.1 Å². The van der Waals surface area contributed by atoms with E-state index in [4.69, 9.17) is 5.73 Å². The number of anilines is 2. The molecule has 1 aromatic rings. The highest BCUT2D eigenvalue weighted by Gasteiger charge is 2.29. The van der Waals surface area contributed by atoms with Gasteiger partial charge in [0.25, 0.3) is 0 Å². The van der Waals surface area contributed by atoms with Gasteiger partial charge in [0.2, 0.25) is 10.0 Å². The van der Waals surface area contributed by atoms with Crippen molar-refractivity contribution in [2.24, 2.45) is 0 Å². The van der Waals surface area contributed by atoms with Gasteiger partial charge in [-0.25, -0.2) is 13.1 Å². The smallest absolute Gasteiger partial charge is 0.242 e. The molecule has 1 fully saturated rings. The quantitative estimate of drug-likeness (QED) is 0.666. The summed E-state index contributed by atoms with van der Waals surface area (Å²) in [7, 11) is -2.21. The Morgan fingerprint density at radius 1 is 1.45 bits per heavy atom. The number of sulfonamides is 1. The molecule has 0 bridgehead atoms. The number of rotatable bonds is 6. The summed E-state index contributed by atoms with van der Waals surface area (Å²) in [4.78, 5) is 2.13. The third-order valence-corrected chi connectivity index (χ3v) is 5.15. The maximum atomic E-state index is 12.2. The number of aliphatic hydroxyl groups excluding tert-OH is 1. The van der Waals surface area contributed by atoms with Crippen LogP contribution in [0.5, 0.6) is 0 Å². The van der Waals surface area contributed by atoms with Gasteiger partial charge in [0, 0.05) is 18.3 Å². The van der Waals surface area contributed by atoms with Crippen LogP contribution < -0.4 is 15.4 Å². The van der Waals surface area contributed by atoms with Crippen molar-refractivity contribution in [2.45, 2.75) is 30.2 Å². The molecule has 4 N–H and O–H groups in total. The van der Waals surface area contributed by atoms with Crippen molar-refractivity contribution in [3.05, 3.63) is 18.2 Å². The highest BCUT2D eigenvalue weighted by molar-refractivity contribution is 7.89. The van der Waals surface area contributed by atoms with E-state index in [1.165, 1.54) is 13.1 Å². The van der Waals surface area contributed by atoms with Gasteiger partial charge in [-0.15, -0.1) is 0 Å². The van der Waals surface area contributed by atoms with Crippen molar-refractivity contribution in [3.8, 4) is 0 Å². The summed E-state index contributed by atoms with van der Waals surface area (Å²) >= 11 is 0. The van der Waals surface area contributed by atoms with Crippen molar-refractivity contribution < 1.29 is 13.5 Å². The lowest BCUT2D eigenvalue weighted by atomic mass is 9.91. The van der Waals surface area contributed by atoms with E-state index in [1.54, 1.807) is 12.1 Å². The summed E-state index contributed by atoms with van der Waals surface area (Å²) in [5, 5.41) is 9.24. The highest BCUT2D eigenvalue weighted by Crippen LogP contribution is 2.34. The number of hydrogen-bond acceptors (Lipinski definition) is 5. The van der Waals surface area contributed by atoms with E-state index < -0.39 is 10.0 Å². The van der Waals surface area contributed by atoms with Gasteiger partial charge in [0.15, 0.2) is 0 Å². The SMILES string of the molecule is CNS(=O)(=O)c1cc(N)ccc1N(CCO)C1CCC1. The summed E-state index contributed by atoms with van der Waals surface area (Å²) in [6.07, 6.45) is 3.17. The second-order valence-electron chi connectivity index (χ2n) is 4.94. The molecule has 0 spiro atoms. The Balaban J connectivity index is 2.48. The van der Waals surface area contributed by atoms with Gasteiger partial charge < -0.3 is 15.7 Å². The number of nitrogen functional groups attached to an aromatic ring is 1. The molecule has 1 aromatic carbocycles. The fraction of sp³-hybridized carbons (Fsp3) is 0.538. The average Bonchev–Trinajstić information content (AvgIpc) is 2.36. The van der Waals surface area contributed by atoms with E-state index in [0.29, 0.717) is 17.9 Å². The Morgan fingerprint density at radius 2 is 2.15 bits per heavy atom. The van der Waals surface area contributed by atoms with E-state index in [1.807, 2.05) is 4.90 Å². The summed E-state index contributed by atoms with van der Waals surface area (Å²) in [5.74, 6) is 0. The van der Waals surface area contributed by atoms with Crippen LogP contribution in [0.25, 0.3) is 0 Å². The Hall–Kier alpha value is -1.31. The zero-order valence-electron chi connectivity index (χ0n) is 11.5. The van der Waals surface area contributed by atoms with Crippen molar-refractivity contribution in [3.63, 3.8) is 0 Å². The van der Waals surface area contributed by atoms with Crippen LogP contribution in [0.1, 0.15) is 19.3 Å². The second kappa shape index (κ2) is 5.99. The largest absolute Gasteiger partial charge is 0.399 e. The number of nitrogens with two attached hydrogens (primary N) is 1. The third-order valence-electron chi connectivity index (χ3n) is 3.71. The molecular weight excluding hydrogens is 278 g/mol. The molecule has 0 amide bonds. The van der Waals surface area contributed by atoms with E-state index in [0.717, 1.165) is 19.3 Å². The predicted octanol–water partition coefficient (Wildman–Crippen LogP) is 0.528. The molecule has 0 heterocycles. The molecule has 7 heteroatoms. The van der Waals surface area contributed by atoms with Gasteiger partial charge in [-0.3, -0.25) is 0 Å². The van der Waals surface area contributed by atoms with Crippen LogP contribution >= 0.6 is 0 Å². The van der Waals surface area contributed by atoms with Gasteiger partial charge in [0.05, 0.1) is 12.3 Å². The first-order chi connectivity index (χ1) is 9.49. The Labute approximate surface area is 119 Å². The molecular formula is C13H21N3O3S. The maximum absolute atomic E-state index is 12.2. The van der Waals surface area contributed by atoms with E-state index in [9.17, 15) is 13.5 Å². The molecule has 0 aromatic heterocycles. The Bertz CT molecular complexity index is 570. The minimum Gasteiger partial charge on any atom is -0.399 e. The van der Waals surface area contributed by atoms with E-state index in [-0.39, 0.29) is 17.5 Å². The zero-order valence-corrected chi connectivity index (χ0v) is 12.4. The molecule has 0 saturated heterocycles. The van der Waals surface area contributed by atoms with Gasteiger partial charge in [0.1, 0.15) is 4.90 Å². The standard InChI is InChI=1S/C13H21N3O3S/c1-15-20(18,19)13-9-10(14)5-6-12(13)16(7-8-17)11-3-2-4-11/h5-6,9,11,15,17H,2-4,7-8,14H2,1H3. The van der Waals surface area contributed by atoms with Crippen LogP contribution in [0, 0.1) is 0 Å². The fourth-order valence-electron chi connectivity index (χ4n) is 2.40. The number of benzene rings is 1. The summed E-state index contributed by atoms with van der Waals surface area (Å²) < 4.78 is 26.6. The molecule has 0 unspecified atom stereocenters. The Morgan fingerprint density at radius 3 is 2.65 bits per heavy atom. The van der Waals surface area contributed by atoms with Crippen LogP contribution in [0.3, 0.4) is 0 Å². The second-order valence-corrected chi connectivity index (χ2v) is 6.79. The molecule has 1 aliphatic rings. The monoisotopic (exact) mass is 299 g/mol. The third kappa shape index (κ3) is 2.89. The zero-order chi connectivity index (χ0) is 14.8. The van der Waals surface area contributed by atoms with Crippen molar-refractivity contribution in [1.29, 1.82) is 0 Å². The summed E-state index contributed by atoms with van der Waals surface area (Å²) in [6.45, 7) is 0.404. The molecule has 0 aliphatic heterocycles. The van der Waals surface area contributed by atoms with Gasteiger partial charge in [-0.05, 0) is 44.5 Å². The lowest BCUT2D eigenvalue weighted by molar-refractivity contribution is 0.283. The predicted molar refractivity (Wildman–Crippen MR) is 79.2 cm³/mol. The minimum absolute atomic E-state index is 0.0140. The lowest BCUT2D eigenvalue weighted by Gasteiger charge is -2.39. The van der Waals surface area contributed by atoms with Crippen molar-refractivity contribution in [2.75, 3.05) is 30.8 Å². The molecule has 0 atom stereocenters. The van der Waals surface area contributed by atoms with E-state index >= 15 is 0 Å². The molecule has 20 heavy (non-hydrogen) atoms. The summed E-state index contributed by atoms with van der Waals surface area (Å²) in [5.41, 5.74) is 6.72. The van der Waals surface area contributed by atoms with Crippen LogP contribution in [0.2, 0.25) is 0 Å². The minimum atomic E-state index is -3.59. The first kappa shape index (κ1) is 15.1. The number of aliphatic hydroxyl groups is 1. The molecule has 1 saturated carbocycles. The topological polar surface area (TPSA) is 95.7 Å².